The van der Waals surface area contributed by atoms with Crippen LogP contribution in [0.4, 0.5) is 8.78 Å². The zero-order valence-corrected chi connectivity index (χ0v) is 16.9. The number of imidazole rings is 1. The quantitative estimate of drug-likeness (QED) is 0.701. The number of carbonyl (C=O) groups excluding carboxylic acids is 2. The summed E-state index contributed by atoms with van der Waals surface area (Å²) in [4.78, 5) is 29.5. The number of ketones is 1. The molecule has 0 spiro atoms. The Bertz CT molecular complexity index is 923. The van der Waals surface area contributed by atoms with Crippen LogP contribution in [0.3, 0.4) is 0 Å². The van der Waals surface area contributed by atoms with Crippen molar-refractivity contribution in [2.75, 3.05) is 0 Å². The van der Waals surface area contributed by atoms with Crippen molar-refractivity contribution in [2.24, 2.45) is 17.6 Å². The fraction of sp³-hybridized carbons (Fsp3) is 0.500. The van der Waals surface area contributed by atoms with Crippen LogP contribution in [0.2, 0.25) is 0 Å². The number of hydrogen-bond acceptors (Lipinski definition) is 3. The molecule has 1 aliphatic rings. The van der Waals surface area contributed by atoms with Crippen LogP contribution in [0.25, 0.3) is 11.4 Å². The summed E-state index contributed by atoms with van der Waals surface area (Å²) in [6.45, 7) is 4.52. The summed E-state index contributed by atoms with van der Waals surface area (Å²) in [6, 6.07) is 3.64. The molecule has 7 heteroatoms. The molecule has 2 heterocycles. The second-order valence-electron chi connectivity index (χ2n) is 7.84. The van der Waals surface area contributed by atoms with E-state index in [0.717, 1.165) is 43.5 Å². The number of rotatable bonds is 7. The Balaban J connectivity index is 2.02. The first-order chi connectivity index (χ1) is 13.8. The number of nitrogens with two attached hydrogens (primary N) is 1. The van der Waals surface area contributed by atoms with Gasteiger partial charge in [-0.15, -0.1) is 0 Å². The van der Waals surface area contributed by atoms with Gasteiger partial charge in [-0.25, -0.2) is 13.8 Å². The molecule has 1 aromatic carbocycles. The first-order valence-electron chi connectivity index (χ1n) is 10.2. The third-order valence-corrected chi connectivity index (χ3v) is 5.91. The Hall–Kier alpha value is -2.57. The molecule has 0 saturated carbocycles. The lowest BCUT2D eigenvalue weighted by Crippen LogP contribution is -2.31. The highest BCUT2D eigenvalue weighted by molar-refractivity contribution is 5.98. The zero-order valence-electron chi connectivity index (χ0n) is 16.9. The Labute approximate surface area is 169 Å². The monoisotopic (exact) mass is 403 g/mol. The van der Waals surface area contributed by atoms with Crippen LogP contribution in [0, 0.1) is 23.5 Å². The Morgan fingerprint density at radius 1 is 1.21 bits per heavy atom. The Morgan fingerprint density at radius 2 is 1.97 bits per heavy atom. The fourth-order valence-corrected chi connectivity index (χ4v) is 3.96. The van der Waals surface area contributed by atoms with E-state index in [-0.39, 0.29) is 18.1 Å². The first kappa shape index (κ1) is 21.1. The van der Waals surface area contributed by atoms with E-state index in [0.29, 0.717) is 30.0 Å². The third kappa shape index (κ3) is 4.38. The van der Waals surface area contributed by atoms with Crippen molar-refractivity contribution in [1.29, 1.82) is 0 Å². The summed E-state index contributed by atoms with van der Waals surface area (Å²) < 4.78 is 29.1. The number of Topliss-reactive ketones (excluding diaryl/α,β-unsaturated/α-hetero) is 1. The number of nitrogens with zero attached hydrogens (tertiary/aromatic N) is 2. The minimum Gasteiger partial charge on any atom is -0.369 e. The minimum absolute atomic E-state index is 0.00553. The molecule has 1 amide bonds. The van der Waals surface area contributed by atoms with E-state index in [2.05, 4.69) is 4.98 Å². The van der Waals surface area contributed by atoms with Gasteiger partial charge in [-0.05, 0) is 43.4 Å². The molecule has 0 fully saturated rings. The number of fused-ring (bicyclic) bond motifs is 1. The minimum atomic E-state index is -0.952. The summed E-state index contributed by atoms with van der Waals surface area (Å²) in [5.74, 6) is -2.70. The molecule has 0 aliphatic carbocycles. The van der Waals surface area contributed by atoms with Crippen molar-refractivity contribution in [3.8, 4) is 11.4 Å². The van der Waals surface area contributed by atoms with Gasteiger partial charge in [0.15, 0.2) is 17.4 Å². The standard InChI is InChI=1S/C22H27F2N3O2/c1-3-13(2)15(21(25)29)12-19(28)20-18-7-5-4-6-10-27(18)22(26-20)14-8-9-16(23)17(24)11-14/h8-9,11,13,15H,3-7,10,12H2,1-2H3,(H2,25,29)/t13-,15-/m0/s1. The molecule has 2 aromatic rings. The van der Waals surface area contributed by atoms with Crippen molar-refractivity contribution < 1.29 is 18.4 Å². The largest absolute Gasteiger partial charge is 0.369 e. The average molecular weight is 403 g/mol. The molecule has 3 rings (SSSR count). The normalized spacial score (nSPS) is 16.0. The van der Waals surface area contributed by atoms with E-state index in [1.165, 1.54) is 6.07 Å². The molecule has 2 N–H and O–H groups in total. The van der Waals surface area contributed by atoms with E-state index >= 15 is 0 Å². The van der Waals surface area contributed by atoms with Crippen LogP contribution in [-0.2, 0) is 17.8 Å². The maximum absolute atomic E-state index is 13.8. The first-order valence-corrected chi connectivity index (χ1v) is 10.2. The molecule has 1 aliphatic heterocycles. The number of halogens is 2. The maximum Gasteiger partial charge on any atom is 0.221 e. The van der Waals surface area contributed by atoms with Gasteiger partial charge in [0.2, 0.25) is 5.91 Å². The van der Waals surface area contributed by atoms with Gasteiger partial charge in [-0.1, -0.05) is 26.7 Å². The number of primary amides is 1. The number of hydrogen-bond donors (Lipinski definition) is 1. The van der Waals surface area contributed by atoms with Gasteiger partial charge < -0.3 is 10.3 Å². The van der Waals surface area contributed by atoms with E-state index in [9.17, 15) is 18.4 Å². The Kier molecular flexibility index (Phi) is 6.45. The number of aromatic nitrogens is 2. The number of amides is 1. The lowest BCUT2D eigenvalue weighted by atomic mass is 9.86. The van der Waals surface area contributed by atoms with Gasteiger partial charge in [-0.2, -0.15) is 0 Å². The number of carbonyl (C=O) groups is 2. The summed E-state index contributed by atoms with van der Waals surface area (Å²) in [6.07, 6.45) is 4.29. The van der Waals surface area contributed by atoms with E-state index < -0.39 is 23.5 Å². The van der Waals surface area contributed by atoms with Gasteiger partial charge in [-0.3, -0.25) is 9.59 Å². The van der Waals surface area contributed by atoms with Gasteiger partial charge in [0.05, 0.1) is 0 Å². The van der Waals surface area contributed by atoms with Crippen molar-refractivity contribution >= 4 is 11.7 Å². The highest BCUT2D eigenvalue weighted by atomic mass is 19.2. The SMILES string of the molecule is CC[C@H](C)[C@H](CC(=O)c1nc(-c2ccc(F)c(F)c2)n2c1CCCCC2)C(N)=O. The molecule has 0 saturated heterocycles. The summed E-state index contributed by atoms with van der Waals surface area (Å²) in [5.41, 5.74) is 7.09. The van der Waals surface area contributed by atoms with Crippen LogP contribution in [0.5, 0.6) is 0 Å². The molecular weight excluding hydrogens is 376 g/mol. The third-order valence-electron chi connectivity index (χ3n) is 5.91. The topological polar surface area (TPSA) is 78.0 Å². The van der Waals surface area contributed by atoms with Crippen molar-refractivity contribution in [2.45, 2.75) is 58.9 Å². The molecule has 0 unspecified atom stereocenters. The second kappa shape index (κ2) is 8.84. The maximum atomic E-state index is 13.8. The van der Waals surface area contributed by atoms with E-state index in [1.54, 1.807) is 0 Å². The van der Waals surface area contributed by atoms with E-state index in [1.807, 2.05) is 18.4 Å². The molecule has 0 radical (unpaired) electrons. The van der Waals surface area contributed by atoms with Gasteiger partial charge in [0, 0.05) is 30.1 Å². The number of benzene rings is 1. The second-order valence-corrected chi connectivity index (χ2v) is 7.84. The highest BCUT2D eigenvalue weighted by Gasteiger charge is 2.30. The highest BCUT2D eigenvalue weighted by Crippen LogP contribution is 2.30. The molecule has 5 nitrogen and oxygen atoms in total. The lowest BCUT2D eigenvalue weighted by Gasteiger charge is -2.18. The lowest BCUT2D eigenvalue weighted by molar-refractivity contribution is -0.123. The predicted molar refractivity (Wildman–Crippen MR) is 106 cm³/mol. The summed E-state index contributed by atoms with van der Waals surface area (Å²) in [5, 5.41) is 0. The summed E-state index contributed by atoms with van der Waals surface area (Å²) in [7, 11) is 0. The van der Waals surface area contributed by atoms with Crippen LogP contribution < -0.4 is 5.73 Å². The van der Waals surface area contributed by atoms with Gasteiger partial charge >= 0.3 is 0 Å². The van der Waals surface area contributed by atoms with Crippen LogP contribution >= 0.6 is 0 Å². The Morgan fingerprint density at radius 3 is 2.62 bits per heavy atom. The molecule has 2 atom stereocenters. The zero-order chi connectivity index (χ0) is 21.1. The van der Waals surface area contributed by atoms with E-state index in [4.69, 9.17) is 5.73 Å². The molecule has 0 bridgehead atoms. The van der Waals surface area contributed by atoms with Gasteiger partial charge in [0.25, 0.3) is 0 Å². The van der Waals surface area contributed by atoms with Gasteiger partial charge in [0.1, 0.15) is 11.5 Å². The van der Waals surface area contributed by atoms with Crippen molar-refractivity contribution in [3.63, 3.8) is 0 Å². The smallest absolute Gasteiger partial charge is 0.221 e. The molecule has 156 valence electrons. The summed E-state index contributed by atoms with van der Waals surface area (Å²) >= 11 is 0. The molecule has 1 aromatic heterocycles. The van der Waals surface area contributed by atoms with Crippen LogP contribution in [-0.4, -0.2) is 21.2 Å². The van der Waals surface area contributed by atoms with Crippen molar-refractivity contribution in [1.82, 2.24) is 9.55 Å². The molecule has 29 heavy (non-hydrogen) atoms. The predicted octanol–water partition coefficient (Wildman–Crippen LogP) is 4.28. The van der Waals surface area contributed by atoms with Crippen LogP contribution in [0.1, 0.15) is 62.1 Å². The average Bonchev–Trinajstić information content (AvgIpc) is 2.88. The molecular formula is C22H27F2N3O2. The fourth-order valence-electron chi connectivity index (χ4n) is 3.96. The van der Waals surface area contributed by atoms with Crippen molar-refractivity contribution in [3.05, 3.63) is 41.2 Å². The van der Waals surface area contributed by atoms with Crippen LogP contribution in [0.15, 0.2) is 18.2 Å².